The number of fused-ring (bicyclic) bond motifs is 1. The van der Waals surface area contributed by atoms with Gasteiger partial charge in [-0.15, -0.1) is 0 Å². The number of hydrogen-bond donors (Lipinski definition) is 2. The summed E-state index contributed by atoms with van der Waals surface area (Å²) >= 11 is 0. The highest BCUT2D eigenvalue weighted by molar-refractivity contribution is 5.83. The molecule has 0 saturated carbocycles. The summed E-state index contributed by atoms with van der Waals surface area (Å²) in [7, 11) is 0. The average Bonchev–Trinajstić information content (AvgIpc) is 2.65. The van der Waals surface area contributed by atoms with Gasteiger partial charge in [0, 0.05) is 31.9 Å². The van der Waals surface area contributed by atoms with Crippen molar-refractivity contribution in [3.05, 3.63) is 69.6 Å². The highest BCUT2D eigenvalue weighted by atomic mass is 16.2. The number of primary amides is 1. The Bertz CT molecular complexity index is 861. The third kappa shape index (κ3) is 4.30. The Morgan fingerprint density at radius 1 is 1.15 bits per heavy atom. The van der Waals surface area contributed by atoms with Gasteiger partial charge in [-0.05, 0) is 29.5 Å². The molecular weight excluding hydrogens is 332 g/mol. The van der Waals surface area contributed by atoms with E-state index in [1.54, 1.807) is 15.5 Å². The minimum absolute atomic E-state index is 0.0187. The van der Waals surface area contributed by atoms with Crippen LogP contribution in [0.4, 0.5) is 4.79 Å². The van der Waals surface area contributed by atoms with E-state index in [4.69, 9.17) is 5.73 Å². The Labute approximate surface area is 151 Å². The number of aryl methyl sites for hydroxylation is 2. The van der Waals surface area contributed by atoms with Gasteiger partial charge in [-0.3, -0.25) is 9.59 Å². The molecule has 0 saturated heterocycles. The quantitative estimate of drug-likeness (QED) is 0.825. The van der Waals surface area contributed by atoms with Crippen LogP contribution in [0.15, 0.2) is 47.4 Å². The lowest BCUT2D eigenvalue weighted by Gasteiger charge is -2.29. The number of pyridine rings is 1. The molecule has 1 aliphatic rings. The molecular formula is C19H22N4O3. The first-order chi connectivity index (χ1) is 12.5. The fourth-order valence-electron chi connectivity index (χ4n) is 3.13. The molecule has 7 nitrogen and oxygen atoms in total. The number of urea groups is 1. The van der Waals surface area contributed by atoms with Crippen molar-refractivity contribution in [1.82, 2.24) is 14.8 Å². The van der Waals surface area contributed by atoms with Crippen molar-refractivity contribution < 1.29 is 9.59 Å². The minimum atomic E-state index is -0.717. The lowest BCUT2D eigenvalue weighted by Crippen LogP contribution is -2.44. The zero-order valence-electron chi connectivity index (χ0n) is 14.5. The van der Waals surface area contributed by atoms with Gasteiger partial charge in [0.05, 0.1) is 6.54 Å². The molecule has 0 bridgehead atoms. The smallest absolute Gasteiger partial charge is 0.312 e. The molecule has 0 radical (unpaired) electrons. The van der Waals surface area contributed by atoms with E-state index >= 15 is 0 Å². The van der Waals surface area contributed by atoms with Crippen molar-refractivity contribution in [2.45, 2.75) is 25.9 Å². The minimum Gasteiger partial charge on any atom is -0.352 e. The molecule has 0 aliphatic carbocycles. The zero-order chi connectivity index (χ0) is 18.5. The molecule has 136 valence electrons. The SMILES string of the molecule is NC(=O)NCC(=O)N1CCc2cc(=O)n(CCc3ccccc3)cc2C1. The number of hydrogen-bond acceptors (Lipinski definition) is 3. The number of carbonyl (C=O) groups is 2. The molecule has 3 rings (SSSR count). The van der Waals surface area contributed by atoms with Crippen LogP contribution in [0, 0.1) is 0 Å². The summed E-state index contributed by atoms with van der Waals surface area (Å²) in [5.74, 6) is -0.184. The normalized spacial score (nSPS) is 13.2. The molecule has 7 heteroatoms. The number of nitrogens with zero attached hydrogens (tertiary/aromatic N) is 2. The van der Waals surface area contributed by atoms with Crippen LogP contribution >= 0.6 is 0 Å². The van der Waals surface area contributed by atoms with Crippen LogP contribution in [-0.4, -0.2) is 34.5 Å². The largest absolute Gasteiger partial charge is 0.352 e. The molecule has 0 spiro atoms. The molecule has 1 aliphatic heterocycles. The molecule has 26 heavy (non-hydrogen) atoms. The average molecular weight is 354 g/mol. The van der Waals surface area contributed by atoms with E-state index in [1.165, 1.54) is 5.56 Å². The van der Waals surface area contributed by atoms with E-state index in [-0.39, 0.29) is 18.0 Å². The Hall–Kier alpha value is -3.09. The van der Waals surface area contributed by atoms with Crippen molar-refractivity contribution in [1.29, 1.82) is 0 Å². The van der Waals surface area contributed by atoms with Crippen LogP contribution < -0.4 is 16.6 Å². The molecule has 0 unspecified atom stereocenters. The monoisotopic (exact) mass is 354 g/mol. The van der Waals surface area contributed by atoms with Crippen LogP contribution in [0.25, 0.3) is 0 Å². The summed E-state index contributed by atoms with van der Waals surface area (Å²) < 4.78 is 1.70. The number of aromatic nitrogens is 1. The van der Waals surface area contributed by atoms with E-state index in [0.29, 0.717) is 26.1 Å². The van der Waals surface area contributed by atoms with Crippen molar-refractivity contribution in [3.63, 3.8) is 0 Å². The molecule has 0 fully saturated rings. The molecule has 3 N–H and O–H groups in total. The van der Waals surface area contributed by atoms with Gasteiger partial charge in [-0.1, -0.05) is 30.3 Å². The predicted molar refractivity (Wildman–Crippen MR) is 97.6 cm³/mol. The maximum atomic E-state index is 12.3. The second-order valence-corrected chi connectivity index (χ2v) is 6.37. The van der Waals surface area contributed by atoms with Crippen LogP contribution in [0.5, 0.6) is 0 Å². The first-order valence-electron chi connectivity index (χ1n) is 8.60. The Morgan fingerprint density at radius 2 is 1.92 bits per heavy atom. The standard InChI is InChI=1S/C19H22N4O3/c20-19(26)21-11-18(25)23-9-7-15-10-17(24)22(12-16(15)13-23)8-6-14-4-2-1-3-5-14/h1-5,10,12H,6-9,11,13H2,(H3,20,21,26). The number of amides is 3. The molecule has 3 amide bonds. The van der Waals surface area contributed by atoms with E-state index in [0.717, 1.165) is 17.5 Å². The highest BCUT2D eigenvalue weighted by Gasteiger charge is 2.21. The maximum Gasteiger partial charge on any atom is 0.312 e. The maximum absolute atomic E-state index is 12.3. The van der Waals surface area contributed by atoms with Gasteiger partial charge in [0.15, 0.2) is 0 Å². The first-order valence-corrected chi connectivity index (χ1v) is 8.60. The van der Waals surface area contributed by atoms with E-state index in [9.17, 15) is 14.4 Å². The van der Waals surface area contributed by atoms with E-state index < -0.39 is 6.03 Å². The van der Waals surface area contributed by atoms with Crippen molar-refractivity contribution in [3.8, 4) is 0 Å². The molecule has 1 aromatic heterocycles. The summed E-state index contributed by atoms with van der Waals surface area (Å²) in [4.78, 5) is 36.9. The molecule has 2 aromatic rings. The Morgan fingerprint density at radius 3 is 2.65 bits per heavy atom. The van der Waals surface area contributed by atoms with Crippen molar-refractivity contribution >= 4 is 11.9 Å². The van der Waals surface area contributed by atoms with Gasteiger partial charge in [0.2, 0.25) is 5.91 Å². The van der Waals surface area contributed by atoms with Gasteiger partial charge in [-0.2, -0.15) is 0 Å². The number of nitrogens with one attached hydrogen (secondary N) is 1. The summed E-state index contributed by atoms with van der Waals surface area (Å²) in [5.41, 5.74) is 8.11. The number of carbonyl (C=O) groups excluding carboxylic acids is 2. The van der Waals surface area contributed by atoms with Gasteiger partial charge in [0.1, 0.15) is 0 Å². The predicted octanol–water partition coefficient (Wildman–Crippen LogP) is 0.644. The molecule has 1 aromatic carbocycles. The fraction of sp³-hybridized carbons (Fsp3) is 0.316. The van der Waals surface area contributed by atoms with Crippen molar-refractivity contribution in [2.24, 2.45) is 5.73 Å². The number of nitrogens with two attached hydrogens (primary N) is 1. The number of benzene rings is 1. The van der Waals surface area contributed by atoms with Crippen LogP contribution in [0.1, 0.15) is 16.7 Å². The van der Waals surface area contributed by atoms with Crippen molar-refractivity contribution in [2.75, 3.05) is 13.1 Å². The van der Waals surface area contributed by atoms with Gasteiger partial charge in [-0.25, -0.2) is 4.79 Å². The summed E-state index contributed by atoms with van der Waals surface area (Å²) in [6, 6.07) is 11.0. The summed E-state index contributed by atoms with van der Waals surface area (Å²) in [5, 5.41) is 2.32. The van der Waals surface area contributed by atoms with E-state index in [2.05, 4.69) is 5.32 Å². The Kier molecular flexibility index (Phi) is 5.36. The summed E-state index contributed by atoms with van der Waals surface area (Å²) in [6.45, 7) is 1.44. The molecule has 2 heterocycles. The second-order valence-electron chi connectivity index (χ2n) is 6.37. The lowest BCUT2D eigenvalue weighted by molar-refractivity contribution is -0.130. The fourth-order valence-corrected chi connectivity index (χ4v) is 3.13. The van der Waals surface area contributed by atoms with Crippen LogP contribution in [0.2, 0.25) is 0 Å². The van der Waals surface area contributed by atoms with Gasteiger partial charge in [0.25, 0.3) is 5.56 Å². The second kappa shape index (κ2) is 7.86. The number of rotatable bonds is 5. The first kappa shape index (κ1) is 17.7. The zero-order valence-corrected chi connectivity index (χ0v) is 14.5. The molecule has 0 atom stereocenters. The lowest BCUT2D eigenvalue weighted by atomic mass is 10.0. The Balaban J connectivity index is 1.70. The van der Waals surface area contributed by atoms with Gasteiger partial charge < -0.3 is 20.5 Å². The summed E-state index contributed by atoms with van der Waals surface area (Å²) in [6.07, 6.45) is 3.25. The van der Waals surface area contributed by atoms with Crippen LogP contribution in [0.3, 0.4) is 0 Å². The third-order valence-electron chi connectivity index (χ3n) is 4.57. The third-order valence-corrected chi connectivity index (χ3v) is 4.57. The topological polar surface area (TPSA) is 97.4 Å². The van der Waals surface area contributed by atoms with E-state index in [1.807, 2.05) is 36.5 Å². The highest BCUT2D eigenvalue weighted by Crippen LogP contribution is 2.17. The van der Waals surface area contributed by atoms with Gasteiger partial charge >= 0.3 is 6.03 Å². The van der Waals surface area contributed by atoms with Crippen LogP contribution in [-0.2, 0) is 30.7 Å².